The molecule has 0 radical (unpaired) electrons. The quantitative estimate of drug-likeness (QED) is 0.643. The second-order valence-corrected chi connectivity index (χ2v) is 4.28. The Morgan fingerprint density at radius 1 is 1.67 bits per heavy atom. The topological polar surface area (TPSA) is 96.6 Å². The van der Waals surface area contributed by atoms with E-state index in [1.165, 1.54) is 12.3 Å². The van der Waals surface area contributed by atoms with Crippen LogP contribution in [0.4, 0.5) is 11.5 Å². The van der Waals surface area contributed by atoms with E-state index in [-0.39, 0.29) is 5.69 Å². The molecule has 1 aliphatic rings. The van der Waals surface area contributed by atoms with E-state index in [0.717, 1.165) is 6.42 Å². The minimum atomic E-state index is -0.882. The van der Waals surface area contributed by atoms with E-state index in [0.29, 0.717) is 24.3 Å². The summed E-state index contributed by atoms with van der Waals surface area (Å²) >= 11 is 0. The SMILES string of the molecule is Cc1cc([N+](=O)[O-])cnc1N1CCCC1C(=O)O. The summed E-state index contributed by atoms with van der Waals surface area (Å²) in [5.74, 6) is -0.363. The van der Waals surface area contributed by atoms with Gasteiger partial charge in [-0.25, -0.2) is 9.78 Å². The minimum absolute atomic E-state index is 0.0812. The molecule has 1 fully saturated rings. The van der Waals surface area contributed by atoms with Crippen molar-refractivity contribution in [3.8, 4) is 0 Å². The van der Waals surface area contributed by atoms with Crippen molar-refractivity contribution in [1.82, 2.24) is 4.98 Å². The van der Waals surface area contributed by atoms with Crippen LogP contribution >= 0.6 is 0 Å². The Bertz CT molecular complexity index is 503. The normalized spacial score (nSPS) is 18.9. The van der Waals surface area contributed by atoms with E-state index in [1.807, 2.05) is 0 Å². The highest BCUT2D eigenvalue weighted by atomic mass is 16.6. The predicted octanol–water partition coefficient (Wildman–Crippen LogP) is 1.35. The Morgan fingerprint density at radius 3 is 2.94 bits per heavy atom. The number of carboxylic acid groups (broad SMARTS) is 1. The third-order valence-corrected chi connectivity index (χ3v) is 3.06. The van der Waals surface area contributed by atoms with Crippen molar-refractivity contribution in [2.24, 2.45) is 0 Å². The van der Waals surface area contributed by atoms with Gasteiger partial charge in [-0.05, 0) is 25.3 Å². The molecule has 1 unspecified atom stereocenters. The van der Waals surface area contributed by atoms with Gasteiger partial charge in [0.25, 0.3) is 5.69 Å². The number of hydrogen-bond donors (Lipinski definition) is 1. The van der Waals surface area contributed by atoms with E-state index in [4.69, 9.17) is 5.11 Å². The fraction of sp³-hybridized carbons (Fsp3) is 0.455. The number of aromatic nitrogens is 1. The van der Waals surface area contributed by atoms with E-state index < -0.39 is 16.9 Å². The standard InChI is InChI=1S/C11H13N3O4/c1-7-5-8(14(17)18)6-12-10(7)13-4-2-3-9(13)11(15)16/h5-6,9H,2-4H2,1H3,(H,15,16). The fourth-order valence-electron chi connectivity index (χ4n) is 2.23. The molecule has 18 heavy (non-hydrogen) atoms. The maximum Gasteiger partial charge on any atom is 0.326 e. The van der Waals surface area contributed by atoms with Crippen LogP contribution in [0.15, 0.2) is 12.3 Å². The van der Waals surface area contributed by atoms with Crippen LogP contribution in [-0.2, 0) is 4.79 Å². The summed E-state index contributed by atoms with van der Waals surface area (Å²) in [5.41, 5.74) is 0.541. The second kappa shape index (κ2) is 4.59. The lowest BCUT2D eigenvalue weighted by molar-refractivity contribution is -0.385. The zero-order valence-corrected chi connectivity index (χ0v) is 9.87. The van der Waals surface area contributed by atoms with Crippen molar-refractivity contribution in [2.75, 3.05) is 11.4 Å². The number of rotatable bonds is 3. The van der Waals surface area contributed by atoms with Crippen LogP contribution in [0.2, 0.25) is 0 Å². The van der Waals surface area contributed by atoms with Gasteiger partial charge in [-0.2, -0.15) is 0 Å². The predicted molar refractivity (Wildman–Crippen MR) is 63.6 cm³/mol. The molecule has 1 saturated heterocycles. The first-order valence-electron chi connectivity index (χ1n) is 5.61. The van der Waals surface area contributed by atoms with Crippen LogP contribution in [0.3, 0.4) is 0 Å². The molecule has 1 N–H and O–H groups in total. The van der Waals surface area contributed by atoms with Gasteiger partial charge in [0.15, 0.2) is 0 Å². The Labute approximate surface area is 103 Å². The molecule has 0 bridgehead atoms. The molecule has 0 aliphatic carbocycles. The maximum atomic E-state index is 11.1. The molecule has 0 spiro atoms. The largest absolute Gasteiger partial charge is 0.480 e. The lowest BCUT2D eigenvalue weighted by atomic mass is 10.2. The molecule has 96 valence electrons. The summed E-state index contributed by atoms with van der Waals surface area (Å²) in [6.45, 7) is 2.31. The third kappa shape index (κ3) is 2.11. The summed E-state index contributed by atoms with van der Waals surface area (Å²) in [7, 11) is 0. The van der Waals surface area contributed by atoms with Crippen molar-refractivity contribution in [2.45, 2.75) is 25.8 Å². The molecule has 1 aliphatic heterocycles. The molecule has 2 heterocycles. The lowest BCUT2D eigenvalue weighted by Crippen LogP contribution is -2.36. The number of carbonyl (C=O) groups is 1. The molecule has 0 aromatic carbocycles. The van der Waals surface area contributed by atoms with E-state index in [9.17, 15) is 14.9 Å². The number of carboxylic acids is 1. The highest BCUT2D eigenvalue weighted by Crippen LogP contribution is 2.28. The summed E-state index contributed by atoms with van der Waals surface area (Å²) in [6.07, 6.45) is 2.53. The monoisotopic (exact) mass is 251 g/mol. The number of aliphatic carboxylic acids is 1. The second-order valence-electron chi connectivity index (χ2n) is 4.28. The minimum Gasteiger partial charge on any atom is -0.480 e. The molecule has 2 rings (SSSR count). The van der Waals surface area contributed by atoms with Crippen molar-refractivity contribution < 1.29 is 14.8 Å². The zero-order valence-electron chi connectivity index (χ0n) is 9.87. The van der Waals surface area contributed by atoms with Crippen molar-refractivity contribution in [1.29, 1.82) is 0 Å². The van der Waals surface area contributed by atoms with Crippen molar-refractivity contribution in [3.05, 3.63) is 27.9 Å². The molecule has 1 aromatic heterocycles. The number of anilines is 1. The highest BCUT2D eigenvalue weighted by molar-refractivity contribution is 5.78. The van der Waals surface area contributed by atoms with Gasteiger partial charge in [0.2, 0.25) is 0 Å². The van der Waals surface area contributed by atoms with Crippen LogP contribution < -0.4 is 4.90 Å². The maximum absolute atomic E-state index is 11.1. The molecule has 1 aromatic rings. The van der Waals surface area contributed by atoms with Gasteiger partial charge in [0.1, 0.15) is 18.1 Å². The Hall–Kier alpha value is -2.18. The number of hydrogen-bond acceptors (Lipinski definition) is 5. The Kier molecular flexibility index (Phi) is 3.14. The van der Waals surface area contributed by atoms with Crippen LogP contribution in [0.1, 0.15) is 18.4 Å². The highest BCUT2D eigenvalue weighted by Gasteiger charge is 2.32. The zero-order chi connectivity index (χ0) is 13.3. The van der Waals surface area contributed by atoms with Crippen LogP contribution in [0.25, 0.3) is 0 Å². The number of nitro groups is 1. The number of pyridine rings is 1. The van der Waals surface area contributed by atoms with E-state index in [2.05, 4.69) is 4.98 Å². The average Bonchev–Trinajstić information content (AvgIpc) is 2.77. The first kappa shape index (κ1) is 12.3. The fourth-order valence-corrected chi connectivity index (χ4v) is 2.23. The summed E-state index contributed by atoms with van der Waals surface area (Å²) in [5, 5.41) is 19.7. The first-order chi connectivity index (χ1) is 8.50. The molecule has 7 heteroatoms. The first-order valence-corrected chi connectivity index (χ1v) is 5.61. The molecule has 0 saturated carbocycles. The summed E-state index contributed by atoms with van der Waals surface area (Å²) < 4.78 is 0. The van der Waals surface area contributed by atoms with Crippen molar-refractivity contribution in [3.63, 3.8) is 0 Å². The van der Waals surface area contributed by atoms with Gasteiger partial charge in [-0.15, -0.1) is 0 Å². The van der Waals surface area contributed by atoms with Crippen LogP contribution in [-0.4, -0.2) is 33.6 Å². The van der Waals surface area contributed by atoms with E-state index in [1.54, 1.807) is 11.8 Å². The Balaban J connectivity index is 2.33. The summed E-state index contributed by atoms with van der Waals surface area (Å²) in [6, 6.07) is 0.831. The smallest absolute Gasteiger partial charge is 0.326 e. The number of aryl methyl sites for hydroxylation is 1. The molecule has 1 atom stereocenters. The van der Waals surface area contributed by atoms with Gasteiger partial charge in [0.05, 0.1) is 4.92 Å². The van der Waals surface area contributed by atoms with Gasteiger partial charge in [-0.1, -0.05) is 0 Å². The lowest BCUT2D eigenvalue weighted by Gasteiger charge is -2.23. The van der Waals surface area contributed by atoms with E-state index >= 15 is 0 Å². The molecular formula is C11H13N3O4. The molecule has 0 amide bonds. The van der Waals surface area contributed by atoms with Crippen LogP contribution in [0.5, 0.6) is 0 Å². The van der Waals surface area contributed by atoms with Gasteiger partial charge in [-0.3, -0.25) is 10.1 Å². The molecule has 7 nitrogen and oxygen atoms in total. The average molecular weight is 251 g/mol. The van der Waals surface area contributed by atoms with Gasteiger partial charge >= 0.3 is 5.97 Å². The number of nitrogens with zero attached hydrogens (tertiary/aromatic N) is 3. The third-order valence-electron chi connectivity index (χ3n) is 3.06. The van der Waals surface area contributed by atoms with Gasteiger partial charge in [0, 0.05) is 12.6 Å². The molecular weight excluding hydrogens is 238 g/mol. The Morgan fingerprint density at radius 2 is 2.39 bits per heavy atom. The van der Waals surface area contributed by atoms with Crippen LogP contribution in [0, 0.1) is 17.0 Å². The van der Waals surface area contributed by atoms with Crippen molar-refractivity contribution >= 4 is 17.5 Å². The summed E-state index contributed by atoms with van der Waals surface area (Å²) in [4.78, 5) is 26.9. The van der Waals surface area contributed by atoms with Gasteiger partial charge < -0.3 is 10.0 Å².